The summed E-state index contributed by atoms with van der Waals surface area (Å²) in [5.41, 5.74) is 10.6. The lowest BCUT2D eigenvalue weighted by molar-refractivity contribution is 0.664. The molecule has 0 atom stereocenters. The van der Waals surface area contributed by atoms with Gasteiger partial charge in [-0.05, 0) is 62.0 Å². The second kappa shape index (κ2) is 9.69. The molecule has 0 spiro atoms. The van der Waals surface area contributed by atoms with Gasteiger partial charge in [-0.15, -0.1) is 0 Å². The molecule has 0 radical (unpaired) electrons. The molecule has 0 unspecified atom stereocenters. The molecule has 46 heavy (non-hydrogen) atoms. The Morgan fingerprint density at radius 1 is 0.283 bits per heavy atom. The Hall–Kier alpha value is -6.12. The first-order valence-corrected chi connectivity index (χ1v) is 15.7. The molecule has 0 aliphatic carbocycles. The molecule has 0 amide bonds. The fourth-order valence-electron chi connectivity index (χ4n) is 7.47. The van der Waals surface area contributed by atoms with E-state index >= 15 is 0 Å². The third-order valence-electron chi connectivity index (χ3n) is 9.47. The minimum absolute atomic E-state index is 0.865. The summed E-state index contributed by atoms with van der Waals surface area (Å²) in [6, 6.07) is 56.0. The van der Waals surface area contributed by atoms with Crippen molar-refractivity contribution in [2.75, 3.05) is 0 Å². The van der Waals surface area contributed by atoms with Crippen LogP contribution in [0.5, 0.6) is 0 Å². The molecule has 0 bridgehead atoms. The van der Waals surface area contributed by atoms with Gasteiger partial charge in [-0.2, -0.15) is 0 Å². The molecule has 0 N–H and O–H groups in total. The fraction of sp³-hybridized carbons (Fsp3) is 0. The zero-order valence-electron chi connectivity index (χ0n) is 24.8. The van der Waals surface area contributed by atoms with Gasteiger partial charge in [-0.1, -0.05) is 140 Å². The van der Waals surface area contributed by atoms with Gasteiger partial charge in [-0.3, -0.25) is 0 Å². The maximum absolute atomic E-state index is 6.79. The summed E-state index contributed by atoms with van der Waals surface area (Å²) >= 11 is 0. The number of rotatable bonds is 3. The van der Waals surface area contributed by atoms with Gasteiger partial charge in [0.1, 0.15) is 22.3 Å². The van der Waals surface area contributed by atoms with E-state index in [4.69, 9.17) is 8.83 Å². The van der Waals surface area contributed by atoms with E-state index in [0.717, 1.165) is 55.0 Å². The number of fused-ring (bicyclic) bond motifs is 8. The molecular weight excluding hydrogens is 560 g/mol. The number of benzene rings is 8. The molecule has 10 rings (SSSR count). The highest BCUT2D eigenvalue weighted by atomic mass is 16.3. The zero-order chi connectivity index (χ0) is 30.2. The van der Waals surface area contributed by atoms with Gasteiger partial charge in [-0.25, -0.2) is 0 Å². The standard InChI is InChI=1S/C44H26O2/c1-2-12-27(13-3-1)28-22-24-29(25-23-28)40-31-15-4-6-17-33(31)41(34-18-7-5-16-32(34)40)43-42-35-19-9-11-21-38(35)45-39(42)26-36-30-14-8-10-20-37(30)46-44(36)43/h1-26H. The van der Waals surface area contributed by atoms with E-state index in [1.807, 2.05) is 12.1 Å². The second-order valence-corrected chi connectivity index (χ2v) is 12.0. The summed E-state index contributed by atoms with van der Waals surface area (Å²) in [5, 5.41) is 9.10. The van der Waals surface area contributed by atoms with Crippen LogP contribution < -0.4 is 0 Å². The maximum Gasteiger partial charge on any atom is 0.144 e. The average molecular weight is 587 g/mol. The van der Waals surface area contributed by atoms with Crippen molar-refractivity contribution in [2.45, 2.75) is 0 Å². The summed E-state index contributed by atoms with van der Waals surface area (Å²) in [6.07, 6.45) is 0. The predicted octanol–water partition coefficient (Wildman–Crippen LogP) is 12.8. The number of hydrogen-bond donors (Lipinski definition) is 0. The number of furan rings is 2. The highest BCUT2D eigenvalue weighted by Crippen LogP contribution is 2.50. The van der Waals surface area contributed by atoms with Crippen LogP contribution in [-0.4, -0.2) is 0 Å². The molecule has 10 aromatic rings. The van der Waals surface area contributed by atoms with E-state index in [9.17, 15) is 0 Å². The highest BCUT2D eigenvalue weighted by molar-refractivity contribution is 6.31. The smallest absolute Gasteiger partial charge is 0.144 e. The van der Waals surface area contributed by atoms with Crippen molar-refractivity contribution in [2.24, 2.45) is 0 Å². The zero-order valence-corrected chi connectivity index (χ0v) is 24.8. The van der Waals surface area contributed by atoms with Crippen molar-refractivity contribution < 1.29 is 8.83 Å². The minimum atomic E-state index is 0.865. The molecule has 2 heteroatoms. The maximum atomic E-state index is 6.79. The molecule has 8 aromatic carbocycles. The molecule has 2 nitrogen and oxygen atoms in total. The van der Waals surface area contributed by atoms with E-state index in [-0.39, 0.29) is 0 Å². The third kappa shape index (κ3) is 3.59. The van der Waals surface area contributed by atoms with Crippen LogP contribution in [0.3, 0.4) is 0 Å². The predicted molar refractivity (Wildman–Crippen MR) is 192 cm³/mol. The Labute approximate surface area is 264 Å². The van der Waals surface area contributed by atoms with Crippen molar-refractivity contribution >= 4 is 65.4 Å². The van der Waals surface area contributed by atoms with E-state index in [1.54, 1.807) is 0 Å². The van der Waals surface area contributed by atoms with Gasteiger partial charge in [0, 0.05) is 32.7 Å². The molecule has 214 valence electrons. The average Bonchev–Trinajstić information content (AvgIpc) is 3.68. The Kier molecular flexibility index (Phi) is 5.31. The van der Waals surface area contributed by atoms with Crippen molar-refractivity contribution in [3.8, 4) is 33.4 Å². The topological polar surface area (TPSA) is 26.3 Å². The van der Waals surface area contributed by atoms with Gasteiger partial charge >= 0.3 is 0 Å². The van der Waals surface area contributed by atoms with Crippen LogP contribution in [0.2, 0.25) is 0 Å². The van der Waals surface area contributed by atoms with Crippen LogP contribution in [0.1, 0.15) is 0 Å². The molecule has 0 saturated carbocycles. The molecule has 0 aliphatic heterocycles. The van der Waals surface area contributed by atoms with E-state index in [2.05, 4.69) is 146 Å². The van der Waals surface area contributed by atoms with Crippen LogP contribution >= 0.6 is 0 Å². The van der Waals surface area contributed by atoms with Gasteiger partial charge in [0.15, 0.2) is 0 Å². The lowest BCUT2D eigenvalue weighted by Gasteiger charge is -2.18. The van der Waals surface area contributed by atoms with Gasteiger partial charge in [0.25, 0.3) is 0 Å². The lowest BCUT2D eigenvalue weighted by atomic mass is 9.84. The van der Waals surface area contributed by atoms with E-state index in [0.29, 0.717) is 0 Å². The Balaban J connectivity index is 1.36. The van der Waals surface area contributed by atoms with Crippen molar-refractivity contribution in [3.63, 3.8) is 0 Å². The van der Waals surface area contributed by atoms with Crippen molar-refractivity contribution in [1.29, 1.82) is 0 Å². The summed E-state index contributed by atoms with van der Waals surface area (Å²) in [5.74, 6) is 0. The molecule has 0 fully saturated rings. The van der Waals surface area contributed by atoms with Crippen LogP contribution in [0.4, 0.5) is 0 Å². The van der Waals surface area contributed by atoms with Crippen LogP contribution in [0.15, 0.2) is 167 Å². The summed E-state index contributed by atoms with van der Waals surface area (Å²) in [7, 11) is 0. The lowest BCUT2D eigenvalue weighted by Crippen LogP contribution is -1.92. The first-order valence-electron chi connectivity index (χ1n) is 15.7. The normalized spacial score (nSPS) is 11.9. The SMILES string of the molecule is c1ccc(-c2ccc(-c3c4ccccc4c(-c4c5oc6ccccc6c5cc5oc6ccccc6c45)c4ccccc34)cc2)cc1. The Morgan fingerprint density at radius 2 is 0.761 bits per heavy atom. The molecule has 0 aliphatic rings. The highest BCUT2D eigenvalue weighted by Gasteiger charge is 2.25. The summed E-state index contributed by atoms with van der Waals surface area (Å²) < 4.78 is 13.4. The third-order valence-corrected chi connectivity index (χ3v) is 9.47. The summed E-state index contributed by atoms with van der Waals surface area (Å²) in [4.78, 5) is 0. The number of hydrogen-bond acceptors (Lipinski definition) is 2. The molecule has 0 saturated heterocycles. The molecular formula is C44H26O2. The Bertz CT molecular complexity index is 2720. The first-order chi connectivity index (χ1) is 22.8. The van der Waals surface area contributed by atoms with Crippen molar-refractivity contribution in [1.82, 2.24) is 0 Å². The monoisotopic (exact) mass is 586 g/mol. The fourth-order valence-corrected chi connectivity index (χ4v) is 7.47. The first kappa shape index (κ1) is 25.2. The van der Waals surface area contributed by atoms with Gasteiger partial charge in [0.05, 0.1) is 0 Å². The van der Waals surface area contributed by atoms with Crippen LogP contribution in [0, 0.1) is 0 Å². The minimum Gasteiger partial charge on any atom is -0.456 e. The molecule has 2 aromatic heterocycles. The van der Waals surface area contributed by atoms with Gasteiger partial charge < -0.3 is 8.83 Å². The van der Waals surface area contributed by atoms with Crippen LogP contribution in [0.25, 0.3) is 98.8 Å². The largest absolute Gasteiger partial charge is 0.456 e. The molecule has 2 heterocycles. The van der Waals surface area contributed by atoms with Crippen LogP contribution in [-0.2, 0) is 0 Å². The van der Waals surface area contributed by atoms with E-state index < -0.39 is 0 Å². The van der Waals surface area contributed by atoms with Gasteiger partial charge in [0.2, 0.25) is 0 Å². The van der Waals surface area contributed by atoms with Crippen molar-refractivity contribution in [3.05, 3.63) is 158 Å². The number of para-hydroxylation sites is 2. The quantitative estimate of drug-likeness (QED) is 0.193. The Morgan fingerprint density at radius 3 is 1.41 bits per heavy atom. The van der Waals surface area contributed by atoms with E-state index in [1.165, 1.54) is 43.8 Å². The second-order valence-electron chi connectivity index (χ2n) is 12.0. The summed E-state index contributed by atoms with van der Waals surface area (Å²) in [6.45, 7) is 0.